The van der Waals surface area contributed by atoms with Gasteiger partial charge in [-0.3, -0.25) is 20.4 Å². The van der Waals surface area contributed by atoms with E-state index in [-0.39, 0.29) is 5.91 Å². The normalized spacial score (nSPS) is 12.2. The Morgan fingerprint density at radius 1 is 0.903 bits per heavy atom. The molecule has 1 aliphatic rings. The predicted molar refractivity (Wildman–Crippen MR) is 117 cm³/mol. The summed E-state index contributed by atoms with van der Waals surface area (Å²) in [5.74, 6) is 0.532. The number of hydrogen-bond donors (Lipinski definition) is 2. The zero-order valence-corrected chi connectivity index (χ0v) is 17.9. The molecule has 0 bridgehead atoms. The number of carbonyl (C=O) groups excluding carboxylic acids is 2. The monoisotopic (exact) mass is 435 g/mol. The number of carbonyl (C=O) groups is 2. The number of nitrogens with one attached hydrogen (secondary N) is 2. The van der Waals surface area contributed by atoms with Crippen LogP contribution in [-0.4, -0.2) is 30.0 Å². The van der Waals surface area contributed by atoms with Crippen molar-refractivity contribution in [3.05, 3.63) is 77.0 Å². The van der Waals surface area contributed by atoms with Gasteiger partial charge in [-0.05, 0) is 55.8 Å². The van der Waals surface area contributed by atoms with E-state index < -0.39 is 5.91 Å². The molecule has 31 heavy (non-hydrogen) atoms. The SMILES string of the molecule is Cc1ccc(C(=O)NNC(=O)c2cccnc2Sc2ccc3c(c2)OCCO3)c(C)c1. The smallest absolute Gasteiger partial charge is 0.272 e. The molecule has 0 saturated carbocycles. The van der Waals surface area contributed by atoms with Crippen molar-refractivity contribution in [1.82, 2.24) is 15.8 Å². The molecule has 1 aliphatic heterocycles. The highest BCUT2D eigenvalue weighted by Crippen LogP contribution is 2.37. The molecule has 8 heteroatoms. The first-order chi connectivity index (χ1) is 15.0. The van der Waals surface area contributed by atoms with E-state index >= 15 is 0 Å². The Morgan fingerprint density at radius 3 is 2.42 bits per heavy atom. The van der Waals surface area contributed by atoms with Gasteiger partial charge in [0, 0.05) is 16.7 Å². The van der Waals surface area contributed by atoms with E-state index in [2.05, 4.69) is 15.8 Å². The van der Waals surface area contributed by atoms with E-state index in [1.807, 2.05) is 44.2 Å². The molecule has 0 radical (unpaired) electrons. The first kappa shape index (κ1) is 20.7. The van der Waals surface area contributed by atoms with Gasteiger partial charge in [0.05, 0.1) is 5.56 Å². The molecule has 2 aromatic carbocycles. The van der Waals surface area contributed by atoms with Crippen LogP contribution in [0, 0.1) is 13.8 Å². The van der Waals surface area contributed by atoms with Crippen molar-refractivity contribution in [2.24, 2.45) is 0 Å². The van der Waals surface area contributed by atoms with Crippen LogP contribution in [0.4, 0.5) is 0 Å². The van der Waals surface area contributed by atoms with E-state index in [4.69, 9.17) is 9.47 Å². The number of amides is 2. The Morgan fingerprint density at radius 2 is 1.65 bits per heavy atom. The van der Waals surface area contributed by atoms with Crippen LogP contribution in [0.15, 0.2) is 64.6 Å². The molecule has 2 N–H and O–H groups in total. The lowest BCUT2D eigenvalue weighted by molar-refractivity contribution is 0.0844. The van der Waals surface area contributed by atoms with E-state index in [0.29, 0.717) is 40.9 Å². The summed E-state index contributed by atoms with van der Waals surface area (Å²) in [6.45, 7) is 4.84. The zero-order chi connectivity index (χ0) is 21.8. The maximum atomic E-state index is 12.7. The second kappa shape index (κ2) is 9.09. The molecule has 0 unspecified atom stereocenters. The van der Waals surface area contributed by atoms with Gasteiger partial charge < -0.3 is 9.47 Å². The van der Waals surface area contributed by atoms with E-state index in [1.165, 1.54) is 11.8 Å². The predicted octanol–water partition coefficient (Wildman–Crippen LogP) is 3.70. The number of aromatic nitrogens is 1. The highest BCUT2D eigenvalue weighted by atomic mass is 32.2. The molecular formula is C23H21N3O4S. The minimum Gasteiger partial charge on any atom is -0.486 e. The van der Waals surface area contributed by atoms with Crippen LogP contribution in [0.5, 0.6) is 11.5 Å². The molecular weight excluding hydrogens is 414 g/mol. The summed E-state index contributed by atoms with van der Waals surface area (Å²) in [7, 11) is 0. The Labute approximate surface area is 184 Å². The van der Waals surface area contributed by atoms with Gasteiger partial charge in [-0.2, -0.15) is 0 Å². The van der Waals surface area contributed by atoms with E-state index in [0.717, 1.165) is 16.0 Å². The van der Waals surface area contributed by atoms with Crippen LogP contribution in [-0.2, 0) is 0 Å². The fourth-order valence-corrected chi connectivity index (χ4v) is 4.07. The quantitative estimate of drug-likeness (QED) is 0.608. The van der Waals surface area contributed by atoms with Gasteiger partial charge in [-0.15, -0.1) is 0 Å². The summed E-state index contributed by atoms with van der Waals surface area (Å²) in [6.07, 6.45) is 1.62. The van der Waals surface area contributed by atoms with Crippen molar-refractivity contribution >= 4 is 23.6 Å². The van der Waals surface area contributed by atoms with Gasteiger partial charge >= 0.3 is 0 Å². The molecule has 3 aromatic rings. The summed E-state index contributed by atoms with van der Waals surface area (Å²) < 4.78 is 11.2. The molecule has 2 amide bonds. The summed E-state index contributed by atoms with van der Waals surface area (Å²) >= 11 is 1.33. The summed E-state index contributed by atoms with van der Waals surface area (Å²) in [5, 5.41) is 0.512. The maximum Gasteiger partial charge on any atom is 0.272 e. The molecule has 1 aromatic heterocycles. The zero-order valence-electron chi connectivity index (χ0n) is 17.1. The number of benzene rings is 2. The number of hydrogen-bond acceptors (Lipinski definition) is 6. The number of hydrazine groups is 1. The summed E-state index contributed by atoms with van der Waals surface area (Å²) in [5.41, 5.74) is 7.71. The van der Waals surface area contributed by atoms with Gasteiger partial charge in [0.2, 0.25) is 0 Å². The summed E-state index contributed by atoms with van der Waals surface area (Å²) in [6, 6.07) is 14.4. The van der Waals surface area contributed by atoms with Crippen LogP contribution in [0.2, 0.25) is 0 Å². The Hall–Kier alpha value is -3.52. The van der Waals surface area contributed by atoms with Crippen molar-refractivity contribution in [3.63, 3.8) is 0 Å². The molecule has 0 spiro atoms. The topological polar surface area (TPSA) is 89.6 Å². The highest BCUT2D eigenvalue weighted by Gasteiger charge is 2.17. The number of pyridine rings is 1. The van der Waals surface area contributed by atoms with E-state index in [9.17, 15) is 9.59 Å². The molecule has 0 aliphatic carbocycles. The van der Waals surface area contributed by atoms with Gasteiger partial charge in [0.1, 0.15) is 18.2 Å². The average Bonchev–Trinajstić information content (AvgIpc) is 2.77. The third-order valence-corrected chi connectivity index (χ3v) is 5.67. The number of nitrogens with zero attached hydrogens (tertiary/aromatic N) is 1. The molecule has 2 heterocycles. The number of aryl methyl sites for hydroxylation is 2. The standard InChI is InChI=1S/C23H21N3O4S/c1-14-5-7-17(15(2)12-14)21(27)25-26-22(28)18-4-3-9-24-23(18)31-16-6-8-19-20(13-16)30-11-10-29-19/h3-9,12-13H,10-11H2,1-2H3,(H,25,27)(H,26,28). The van der Waals surface area contributed by atoms with E-state index in [1.54, 1.807) is 24.4 Å². The first-order valence-electron chi connectivity index (χ1n) is 9.72. The van der Waals surface area contributed by atoms with Crippen LogP contribution < -0.4 is 20.3 Å². The van der Waals surface area contributed by atoms with Crippen LogP contribution >= 0.6 is 11.8 Å². The fourth-order valence-electron chi connectivity index (χ4n) is 3.16. The van der Waals surface area contributed by atoms with Gasteiger partial charge in [0.15, 0.2) is 11.5 Å². The van der Waals surface area contributed by atoms with Crippen LogP contribution in [0.25, 0.3) is 0 Å². The van der Waals surface area contributed by atoms with Crippen molar-refractivity contribution < 1.29 is 19.1 Å². The third-order valence-electron chi connectivity index (χ3n) is 4.66. The lowest BCUT2D eigenvalue weighted by atomic mass is 10.1. The minimum atomic E-state index is -0.453. The molecule has 4 rings (SSSR count). The van der Waals surface area contributed by atoms with Crippen molar-refractivity contribution in [1.29, 1.82) is 0 Å². The lowest BCUT2D eigenvalue weighted by Gasteiger charge is -2.18. The molecule has 0 fully saturated rings. The number of fused-ring (bicyclic) bond motifs is 1. The number of rotatable bonds is 4. The van der Waals surface area contributed by atoms with Gasteiger partial charge in [-0.25, -0.2) is 4.98 Å². The second-order valence-electron chi connectivity index (χ2n) is 6.99. The number of ether oxygens (including phenoxy) is 2. The first-order valence-corrected chi connectivity index (χ1v) is 10.5. The van der Waals surface area contributed by atoms with Crippen molar-refractivity contribution in [2.45, 2.75) is 23.8 Å². The molecule has 0 atom stereocenters. The molecule has 0 saturated heterocycles. The molecule has 158 valence electrons. The Kier molecular flexibility index (Phi) is 6.08. The third kappa shape index (κ3) is 4.80. The van der Waals surface area contributed by atoms with Gasteiger partial charge in [-0.1, -0.05) is 29.5 Å². The van der Waals surface area contributed by atoms with Crippen LogP contribution in [0.1, 0.15) is 31.8 Å². The highest BCUT2D eigenvalue weighted by molar-refractivity contribution is 7.99. The Balaban J connectivity index is 1.46. The fraction of sp³-hybridized carbons (Fsp3) is 0.174. The second-order valence-corrected chi connectivity index (χ2v) is 8.05. The van der Waals surface area contributed by atoms with Crippen molar-refractivity contribution in [2.75, 3.05) is 13.2 Å². The minimum absolute atomic E-state index is 0.350. The maximum absolute atomic E-state index is 12.7. The molecule has 7 nitrogen and oxygen atoms in total. The van der Waals surface area contributed by atoms with Crippen molar-refractivity contribution in [3.8, 4) is 11.5 Å². The van der Waals surface area contributed by atoms with Gasteiger partial charge in [0.25, 0.3) is 11.8 Å². The van der Waals surface area contributed by atoms with Crippen LogP contribution in [0.3, 0.4) is 0 Å². The summed E-state index contributed by atoms with van der Waals surface area (Å²) in [4.78, 5) is 30.4. The lowest BCUT2D eigenvalue weighted by Crippen LogP contribution is -2.42. The Bertz CT molecular complexity index is 1150. The largest absolute Gasteiger partial charge is 0.486 e. The average molecular weight is 436 g/mol.